The lowest BCUT2D eigenvalue weighted by molar-refractivity contribution is -0.0813. The van der Waals surface area contributed by atoms with Crippen LogP contribution in [0.15, 0.2) is 11.6 Å². The topological polar surface area (TPSA) is 20.2 Å². The van der Waals surface area contributed by atoms with Crippen LogP contribution < -0.4 is 0 Å². The molecule has 0 aromatic rings. The van der Waals surface area contributed by atoms with E-state index in [9.17, 15) is 5.11 Å². The molecule has 1 N–H and O–H groups in total. The average Bonchev–Trinajstić information content (AvgIpc) is 2.79. The Morgan fingerprint density at radius 2 is 2.05 bits per heavy atom. The summed E-state index contributed by atoms with van der Waals surface area (Å²) in [7, 11) is 0. The molecular formula is C20H28O. The van der Waals surface area contributed by atoms with Gasteiger partial charge in [-0.1, -0.05) is 30.9 Å². The van der Waals surface area contributed by atoms with Crippen molar-refractivity contribution in [3.8, 4) is 12.3 Å². The minimum absolute atomic E-state index is 0.0388. The lowest BCUT2D eigenvalue weighted by atomic mass is 9.51. The van der Waals surface area contributed by atoms with Crippen LogP contribution in [0.3, 0.4) is 0 Å². The van der Waals surface area contributed by atoms with E-state index in [4.69, 9.17) is 6.42 Å². The monoisotopic (exact) mass is 284 g/mol. The SMILES string of the molecule is C#CC1(O)CC[C@H]2C3CC=C4CCCCC4[C@H]3CCC21C. The van der Waals surface area contributed by atoms with Gasteiger partial charge >= 0.3 is 0 Å². The molecule has 4 rings (SSSR count). The number of terminal acetylenes is 1. The van der Waals surface area contributed by atoms with Gasteiger partial charge in [-0.05, 0) is 75.0 Å². The molecule has 0 radical (unpaired) electrons. The van der Waals surface area contributed by atoms with E-state index in [0.29, 0.717) is 5.92 Å². The van der Waals surface area contributed by atoms with Crippen molar-refractivity contribution in [2.45, 2.75) is 70.3 Å². The maximum absolute atomic E-state index is 10.9. The zero-order valence-corrected chi connectivity index (χ0v) is 13.3. The molecule has 0 bridgehead atoms. The highest BCUT2D eigenvalue weighted by Gasteiger charge is 2.61. The Kier molecular flexibility index (Phi) is 3.06. The van der Waals surface area contributed by atoms with Crippen molar-refractivity contribution >= 4 is 0 Å². The first-order chi connectivity index (χ1) is 10.1. The molecule has 0 aromatic heterocycles. The van der Waals surface area contributed by atoms with Crippen molar-refractivity contribution < 1.29 is 5.11 Å². The second-order valence-electron chi connectivity index (χ2n) is 8.30. The van der Waals surface area contributed by atoms with Crippen LogP contribution >= 0.6 is 0 Å². The number of allylic oxidation sites excluding steroid dienone is 2. The quantitative estimate of drug-likeness (QED) is 0.519. The number of fused-ring (bicyclic) bond motifs is 5. The van der Waals surface area contributed by atoms with Crippen molar-refractivity contribution in [3.05, 3.63) is 11.6 Å². The van der Waals surface area contributed by atoms with E-state index >= 15 is 0 Å². The molecule has 0 heterocycles. The highest BCUT2D eigenvalue weighted by atomic mass is 16.3. The Morgan fingerprint density at radius 3 is 2.86 bits per heavy atom. The minimum atomic E-state index is -0.848. The van der Waals surface area contributed by atoms with E-state index in [1.807, 2.05) is 0 Å². The van der Waals surface area contributed by atoms with Gasteiger partial charge in [0, 0.05) is 5.41 Å². The molecule has 0 amide bonds. The molecule has 4 aliphatic rings. The van der Waals surface area contributed by atoms with Crippen LogP contribution in [-0.4, -0.2) is 10.7 Å². The van der Waals surface area contributed by atoms with Gasteiger partial charge in [0.15, 0.2) is 0 Å². The molecule has 0 saturated heterocycles. The first-order valence-electron chi connectivity index (χ1n) is 8.98. The molecule has 0 aromatic carbocycles. The molecule has 114 valence electrons. The molecule has 3 fully saturated rings. The van der Waals surface area contributed by atoms with Crippen LogP contribution in [0.5, 0.6) is 0 Å². The highest BCUT2D eigenvalue weighted by Crippen LogP contribution is 2.64. The summed E-state index contributed by atoms with van der Waals surface area (Å²) in [6.45, 7) is 2.28. The third kappa shape index (κ3) is 1.75. The maximum Gasteiger partial charge on any atom is 0.130 e. The lowest BCUT2D eigenvalue weighted by Gasteiger charge is -2.54. The van der Waals surface area contributed by atoms with Crippen LogP contribution in [0.2, 0.25) is 0 Å². The van der Waals surface area contributed by atoms with Gasteiger partial charge in [-0.15, -0.1) is 6.42 Å². The summed E-state index contributed by atoms with van der Waals surface area (Å²) < 4.78 is 0. The molecule has 3 saturated carbocycles. The predicted octanol–water partition coefficient (Wildman–Crippen LogP) is 4.31. The molecule has 21 heavy (non-hydrogen) atoms. The Morgan fingerprint density at radius 1 is 1.19 bits per heavy atom. The van der Waals surface area contributed by atoms with E-state index in [-0.39, 0.29) is 5.41 Å². The highest BCUT2D eigenvalue weighted by molar-refractivity contribution is 5.25. The smallest absolute Gasteiger partial charge is 0.130 e. The normalized spacial score (nSPS) is 52.1. The molecule has 1 nitrogen and oxygen atoms in total. The standard InChI is InChI=1S/C20H28O/c1-3-20(21)13-11-18-17-9-8-14-6-4-5-7-15(14)16(17)10-12-19(18,20)2/h1,8,15-18,21H,4-7,9-13H2,2H3/t15?,16-,17?,18+,19?,20?/m1/s1. The van der Waals surface area contributed by atoms with Gasteiger partial charge in [-0.3, -0.25) is 0 Å². The van der Waals surface area contributed by atoms with Gasteiger partial charge in [0.1, 0.15) is 5.60 Å². The van der Waals surface area contributed by atoms with Gasteiger partial charge in [0.05, 0.1) is 0 Å². The molecular weight excluding hydrogens is 256 g/mol. The summed E-state index contributed by atoms with van der Waals surface area (Å²) >= 11 is 0. The molecule has 4 unspecified atom stereocenters. The third-order valence-electron chi connectivity index (χ3n) is 7.76. The second kappa shape index (κ2) is 4.63. The third-order valence-corrected chi connectivity index (χ3v) is 7.76. The Bertz CT molecular complexity index is 512. The Balaban J connectivity index is 1.67. The van der Waals surface area contributed by atoms with Crippen LogP contribution in [0.1, 0.15) is 64.7 Å². The zero-order chi connectivity index (χ0) is 14.7. The van der Waals surface area contributed by atoms with E-state index in [1.54, 1.807) is 5.57 Å². The van der Waals surface area contributed by atoms with Crippen molar-refractivity contribution in [3.63, 3.8) is 0 Å². The molecule has 4 aliphatic carbocycles. The van der Waals surface area contributed by atoms with Crippen LogP contribution in [0.25, 0.3) is 0 Å². The average molecular weight is 284 g/mol. The fourth-order valence-electron chi connectivity index (χ4n) is 6.50. The van der Waals surface area contributed by atoms with Gasteiger partial charge in [-0.25, -0.2) is 0 Å². The predicted molar refractivity (Wildman–Crippen MR) is 85.5 cm³/mol. The molecule has 0 aliphatic heterocycles. The fraction of sp³-hybridized carbons (Fsp3) is 0.800. The van der Waals surface area contributed by atoms with Gasteiger partial charge in [0.25, 0.3) is 0 Å². The maximum atomic E-state index is 10.9. The summed E-state index contributed by atoms with van der Waals surface area (Å²) in [5, 5.41) is 10.9. The minimum Gasteiger partial charge on any atom is -0.377 e. The van der Waals surface area contributed by atoms with Gasteiger partial charge in [-0.2, -0.15) is 0 Å². The van der Waals surface area contributed by atoms with Gasteiger partial charge < -0.3 is 5.11 Å². The second-order valence-corrected chi connectivity index (χ2v) is 8.30. The zero-order valence-electron chi connectivity index (χ0n) is 13.3. The number of rotatable bonds is 0. The summed E-state index contributed by atoms with van der Waals surface area (Å²) in [6.07, 6.45) is 19.5. The van der Waals surface area contributed by atoms with Gasteiger partial charge in [0.2, 0.25) is 0 Å². The molecule has 1 heteroatoms. The Labute approximate surface area is 129 Å². The lowest BCUT2D eigenvalue weighted by Crippen LogP contribution is -2.51. The molecule has 0 spiro atoms. The van der Waals surface area contributed by atoms with Crippen LogP contribution in [0, 0.1) is 41.4 Å². The summed E-state index contributed by atoms with van der Waals surface area (Å²) in [4.78, 5) is 0. The Hall–Kier alpha value is -0.740. The fourth-order valence-corrected chi connectivity index (χ4v) is 6.50. The summed E-state index contributed by atoms with van der Waals surface area (Å²) in [6, 6.07) is 0. The van der Waals surface area contributed by atoms with Crippen LogP contribution in [-0.2, 0) is 0 Å². The van der Waals surface area contributed by atoms with Crippen LogP contribution in [0.4, 0.5) is 0 Å². The number of aliphatic hydroxyl groups is 1. The molecule has 6 atom stereocenters. The van der Waals surface area contributed by atoms with Crippen molar-refractivity contribution in [1.29, 1.82) is 0 Å². The van der Waals surface area contributed by atoms with E-state index < -0.39 is 5.60 Å². The van der Waals surface area contributed by atoms with Crippen molar-refractivity contribution in [1.82, 2.24) is 0 Å². The number of hydrogen-bond acceptors (Lipinski definition) is 1. The van der Waals surface area contributed by atoms with Crippen molar-refractivity contribution in [2.75, 3.05) is 0 Å². The largest absolute Gasteiger partial charge is 0.377 e. The summed E-state index contributed by atoms with van der Waals surface area (Å²) in [5.74, 6) is 5.92. The first-order valence-corrected chi connectivity index (χ1v) is 8.98. The van der Waals surface area contributed by atoms with E-state index in [0.717, 1.165) is 37.0 Å². The van der Waals surface area contributed by atoms with Crippen molar-refractivity contribution in [2.24, 2.45) is 29.1 Å². The number of hydrogen-bond donors (Lipinski definition) is 1. The first kappa shape index (κ1) is 13.9. The van der Waals surface area contributed by atoms with E-state index in [2.05, 4.69) is 18.9 Å². The summed E-state index contributed by atoms with van der Waals surface area (Å²) in [5.41, 5.74) is 0.888. The van der Waals surface area contributed by atoms with E-state index in [1.165, 1.54) is 38.5 Å².